The van der Waals surface area contributed by atoms with Gasteiger partial charge in [0.25, 0.3) is 0 Å². The summed E-state index contributed by atoms with van der Waals surface area (Å²) < 4.78 is 1.62. The second-order valence-electron chi connectivity index (χ2n) is 4.02. The van der Waals surface area contributed by atoms with Gasteiger partial charge in [0, 0.05) is 12.2 Å². The molecule has 78 valence electrons. The zero-order valence-corrected chi connectivity index (χ0v) is 8.90. The lowest BCUT2D eigenvalue weighted by molar-refractivity contribution is 0.414. The highest BCUT2D eigenvalue weighted by atomic mass is 16.1. The average Bonchev–Trinajstić information content (AvgIpc) is 2.01. The summed E-state index contributed by atoms with van der Waals surface area (Å²) in [7, 11) is 0. The van der Waals surface area contributed by atoms with Crippen LogP contribution in [0.15, 0.2) is 17.1 Å². The van der Waals surface area contributed by atoms with E-state index in [0.29, 0.717) is 5.92 Å². The van der Waals surface area contributed by atoms with Crippen LogP contribution in [-0.4, -0.2) is 9.55 Å². The number of nitrogen functional groups attached to an aromatic ring is 1. The SMILES string of the molecule is CC(C)CC(C)n1ccc(N)nc1=O. The fraction of sp³-hybridized carbons (Fsp3) is 0.600. The van der Waals surface area contributed by atoms with Crippen LogP contribution in [0.3, 0.4) is 0 Å². The van der Waals surface area contributed by atoms with Crippen molar-refractivity contribution >= 4 is 5.82 Å². The Bertz CT molecular complexity index is 357. The van der Waals surface area contributed by atoms with Crippen molar-refractivity contribution in [2.24, 2.45) is 5.92 Å². The molecule has 1 heterocycles. The van der Waals surface area contributed by atoms with Crippen molar-refractivity contribution in [3.8, 4) is 0 Å². The smallest absolute Gasteiger partial charge is 0.349 e. The van der Waals surface area contributed by atoms with Crippen LogP contribution < -0.4 is 11.4 Å². The Morgan fingerprint density at radius 2 is 2.14 bits per heavy atom. The van der Waals surface area contributed by atoms with Crippen LogP contribution >= 0.6 is 0 Å². The Balaban J connectivity index is 2.90. The highest BCUT2D eigenvalue weighted by molar-refractivity contribution is 5.23. The maximum Gasteiger partial charge on any atom is 0.349 e. The fourth-order valence-electron chi connectivity index (χ4n) is 1.56. The van der Waals surface area contributed by atoms with Crippen molar-refractivity contribution in [3.05, 3.63) is 22.7 Å². The highest BCUT2D eigenvalue weighted by Gasteiger charge is 2.08. The summed E-state index contributed by atoms with van der Waals surface area (Å²) in [5.74, 6) is 0.845. The normalized spacial score (nSPS) is 13.1. The molecule has 0 fully saturated rings. The molecular formula is C10H17N3O. The molecule has 0 aliphatic carbocycles. The van der Waals surface area contributed by atoms with Crippen molar-refractivity contribution < 1.29 is 0 Å². The Hall–Kier alpha value is -1.32. The van der Waals surface area contributed by atoms with Crippen molar-refractivity contribution in [2.75, 3.05) is 5.73 Å². The zero-order valence-electron chi connectivity index (χ0n) is 8.90. The molecular weight excluding hydrogens is 178 g/mol. The zero-order chi connectivity index (χ0) is 10.7. The van der Waals surface area contributed by atoms with Gasteiger partial charge < -0.3 is 5.73 Å². The van der Waals surface area contributed by atoms with Crippen LogP contribution in [0.4, 0.5) is 5.82 Å². The van der Waals surface area contributed by atoms with Crippen LogP contribution in [0.25, 0.3) is 0 Å². The summed E-state index contributed by atoms with van der Waals surface area (Å²) in [5.41, 5.74) is 5.14. The van der Waals surface area contributed by atoms with E-state index in [1.54, 1.807) is 16.8 Å². The summed E-state index contributed by atoms with van der Waals surface area (Å²) in [6.45, 7) is 6.28. The second-order valence-corrected chi connectivity index (χ2v) is 4.02. The lowest BCUT2D eigenvalue weighted by Crippen LogP contribution is -2.26. The quantitative estimate of drug-likeness (QED) is 0.793. The molecule has 1 unspecified atom stereocenters. The Kier molecular flexibility index (Phi) is 3.28. The summed E-state index contributed by atoms with van der Waals surface area (Å²) in [6, 6.07) is 1.83. The molecule has 0 saturated heterocycles. The molecule has 1 aromatic rings. The van der Waals surface area contributed by atoms with E-state index < -0.39 is 0 Å². The van der Waals surface area contributed by atoms with Gasteiger partial charge in [-0.3, -0.25) is 4.57 Å². The minimum Gasteiger partial charge on any atom is -0.383 e. The van der Waals surface area contributed by atoms with E-state index >= 15 is 0 Å². The third-order valence-electron chi connectivity index (χ3n) is 2.14. The van der Waals surface area contributed by atoms with E-state index in [0.717, 1.165) is 6.42 Å². The molecule has 0 aliphatic rings. The van der Waals surface area contributed by atoms with Crippen molar-refractivity contribution in [1.29, 1.82) is 0 Å². The van der Waals surface area contributed by atoms with E-state index in [2.05, 4.69) is 18.8 Å². The summed E-state index contributed by atoms with van der Waals surface area (Å²) in [4.78, 5) is 15.1. The molecule has 2 N–H and O–H groups in total. The van der Waals surface area contributed by atoms with Gasteiger partial charge in [-0.05, 0) is 25.3 Å². The number of hydrogen-bond acceptors (Lipinski definition) is 3. The van der Waals surface area contributed by atoms with Gasteiger partial charge in [0.15, 0.2) is 0 Å². The fourth-order valence-corrected chi connectivity index (χ4v) is 1.56. The first-order valence-electron chi connectivity index (χ1n) is 4.85. The molecule has 0 aromatic carbocycles. The average molecular weight is 195 g/mol. The third kappa shape index (κ3) is 2.58. The van der Waals surface area contributed by atoms with Crippen molar-refractivity contribution in [2.45, 2.75) is 33.2 Å². The predicted molar refractivity (Wildman–Crippen MR) is 57.1 cm³/mol. The maximum atomic E-state index is 11.4. The molecule has 0 spiro atoms. The molecule has 0 aliphatic heterocycles. The highest BCUT2D eigenvalue weighted by Crippen LogP contribution is 2.14. The number of anilines is 1. The first-order valence-corrected chi connectivity index (χ1v) is 4.85. The van der Waals surface area contributed by atoms with E-state index in [4.69, 9.17) is 5.73 Å². The lowest BCUT2D eigenvalue weighted by Gasteiger charge is -2.16. The van der Waals surface area contributed by atoms with Crippen LogP contribution in [-0.2, 0) is 0 Å². The monoisotopic (exact) mass is 195 g/mol. The first kappa shape index (κ1) is 10.8. The second kappa shape index (κ2) is 4.26. The van der Waals surface area contributed by atoms with Crippen molar-refractivity contribution in [1.82, 2.24) is 9.55 Å². The van der Waals surface area contributed by atoms with E-state index in [-0.39, 0.29) is 17.5 Å². The number of nitrogens with two attached hydrogens (primary N) is 1. The number of nitrogens with zero attached hydrogens (tertiary/aromatic N) is 2. The van der Waals surface area contributed by atoms with Crippen molar-refractivity contribution in [3.63, 3.8) is 0 Å². The number of rotatable bonds is 3. The Labute approximate surface area is 83.8 Å². The van der Waals surface area contributed by atoms with E-state index in [1.165, 1.54) is 0 Å². The molecule has 1 atom stereocenters. The van der Waals surface area contributed by atoms with Crippen LogP contribution in [0, 0.1) is 5.92 Å². The van der Waals surface area contributed by atoms with E-state index in [1.807, 2.05) is 6.92 Å². The van der Waals surface area contributed by atoms with Gasteiger partial charge in [-0.25, -0.2) is 4.79 Å². The maximum absolute atomic E-state index is 11.4. The molecule has 0 amide bonds. The summed E-state index contributed by atoms with van der Waals surface area (Å²) in [6.07, 6.45) is 2.67. The van der Waals surface area contributed by atoms with Gasteiger partial charge in [-0.1, -0.05) is 13.8 Å². The minimum absolute atomic E-state index is 0.176. The molecule has 4 heteroatoms. The Morgan fingerprint density at radius 1 is 1.50 bits per heavy atom. The standard InChI is InChI=1S/C10H17N3O/c1-7(2)6-8(3)13-5-4-9(11)12-10(13)14/h4-5,7-8H,6H2,1-3H3,(H2,11,12,14). The van der Waals surface area contributed by atoms with Crippen LogP contribution in [0.2, 0.25) is 0 Å². The molecule has 1 rings (SSSR count). The van der Waals surface area contributed by atoms with Gasteiger partial charge in [0.2, 0.25) is 0 Å². The predicted octanol–water partition coefficient (Wildman–Crippen LogP) is 1.43. The van der Waals surface area contributed by atoms with E-state index in [9.17, 15) is 4.79 Å². The van der Waals surface area contributed by atoms with Crippen LogP contribution in [0.1, 0.15) is 33.2 Å². The van der Waals surface area contributed by atoms with Gasteiger partial charge in [0.05, 0.1) is 0 Å². The number of hydrogen-bond donors (Lipinski definition) is 1. The molecule has 0 saturated carbocycles. The van der Waals surface area contributed by atoms with Gasteiger partial charge >= 0.3 is 5.69 Å². The van der Waals surface area contributed by atoms with Gasteiger partial charge in [-0.2, -0.15) is 4.98 Å². The van der Waals surface area contributed by atoms with Gasteiger partial charge in [0.1, 0.15) is 5.82 Å². The molecule has 0 bridgehead atoms. The first-order chi connectivity index (χ1) is 6.50. The molecule has 14 heavy (non-hydrogen) atoms. The topological polar surface area (TPSA) is 60.9 Å². The largest absolute Gasteiger partial charge is 0.383 e. The number of aromatic nitrogens is 2. The molecule has 0 radical (unpaired) electrons. The molecule has 1 aromatic heterocycles. The summed E-state index contributed by atoms with van der Waals surface area (Å²) in [5, 5.41) is 0. The minimum atomic E-state index is -0.266. The summed E-state index contributed by atoms with van der Waals surface area (Å²) >= 11 is 0. The van der Waals surface area contributed by atoms with Crippen LogP contribution in [0.5, 0.6) is 0 Å². The molecule has 4 nitrogen and oxygen atoms in total. The third-order valence-corrected chi connectivity index (χ3v) is 2.14. The lowest BCUT2D eigenvalue weighted by atomic mass is 10.1. The van der Waals surface area contributed by atoms with Gasteiger partial charge in [-0.15, -0.1) is 0 Å². The Morgan fingerprint density at radius 3 is 2.64 bits per heavy atom.